The van der Waals surface area contributed by atoms with Gasteiger partial charge in [-0.1, -0.05) is 12.1 Å². The number of hydrogen-bond acceptors (Lipinski definition) is 6. The van der Waals surface area contributed by atoms with Crippen molar-refractivity contribution in [3.63, 3.8) is 0 Å². The molecule has 0 aliphatic heterocycles. The number of carbonyl (C=O) groups is 5. The Morgan fingerprint density at radius 1 is 0.840 bits per heavy atom. The van der Waals surface area contributed by atoms with E-state index in [1.54, 1.807) is 24.3 Å². The van der Waals surface area contributed by atoms with Crippen LogP contribution in [0.15, 0.2) is 24.3 Å². The van der Waals surface area contributed by atoms with E-state index in [-0.39, 0.29) is 29.6 Å². The second-order valence-electron chi connectivity index (χ2n) is 5.75. The average molecular weight is 348 g/mol. The molecule has 0 amide bonds. The van der Waals surface area contributed by atoms with Crippen LogP contribution in [0.4, 0.5) is 0 Å². The number of hydrogen-bond donors (Lipinski definition) is 0. The summed E-state index contributed by atoms with van der Waals surface area (Å²) in [7, 11) is 1.32. The summed E-state index contributed by atoms with van der Waals surface area (Å²) >= 11 is 0. The van der Waals surface area contributed by atoms with Crippen molar-refractivity contribution in [2.75, 3.05) is 7.11 Å². The smallest absolute Gasteiger partial charge is 0.337 e. The van der Waals surface area contributed by atoms with Gasteiger partial charge in [-0.3, -0.25) is 19.2 Å². The molecule has 0 bridgehead atoms. The number of rotatable bonds is 7. The number of ketones is 4. The minimum absolute atomic E-state index is 0.0625. The van der Waals surface area contributed by atoms with Gasteiger partial charge >= 0.3 is 5.97 Å². The van der Waals surface area contributed by atoms with Crippen LogP contribution in [0, 0.1) is 5.92 Å². The Balaban J connectivity index is 0.000000697. The molecule has 0 N–H and O–H groups in total. The molecule has 25 heavy (non-hydrogen) atoms. The highest BCUT2D eigenvalue weighted by atomic mass is 16.5. The summed E-state index contributed by atoms with van der Waals surface area (Å²) in [6, 6.07) is 6.70. The van der Waals surface area contributed by atoms with Crippen molar-refractivity contribution in [2.24, 2.45) is 5.92 Å². The van der Waals surface area contributed by atoms with Crippen molar-refractivity contribution >= 4 is 29.1 Å². The van der Waals surface area contributed by atoms with Crippen LogP contribution in [0.3, 0.4) is 0 Å². The zero-order chi connectivity index (χ0) is 19.6. The zero-order valence-electron chi connectivity index (χ0n) is 15.3. The van der Waals surface area contributed by atoms with Gasteiger partial charge in [0.25, 0.3) is 0 Å². The number of carbonyl (C=O) groups excluding carboxylic acids is 5. The molecule has 0 saturated carbocycles. The van der Waals surface area contributed by atoms with Gasteiger partial charge in [-0.2, -0.15) is 0 Å². The molecule has 1 aromatic rings. The Labute approximate surface area is 147 Å². The van der Waals surface area contributed by atoms with E-state index < -0.39 is 11.9 Å². The predicted octanol–water partition coefficient (Wildman–Crippen LogP) is 2.36. The molecule has 1 rings (SSSR count). The summed E-state index contributed by atoms with van der Waals surface area (Å²) < 4.78 is 4.59. The molecular weight excluding hydrogens is 324 g/mol. The van der Waals surface area contributed by atoms with Gasteiger partial charge in [-0.15, -0.1) is 0 Å². The van der Waals surface area contributed by atoms with E-state index in [0.717, 1.165) is 5.56 Å². The van der Waals surface area contributed by atoms with Crippen LogP contribution >= 0.6 is 0 Å². The highest BCUT2D eigenvalue weighted by Gasteiger charge is 2.19. The summed E-state index contributed by atoms with van der Waals surface area (Å²) in [5.74, 6) is -1.41. The van der Waals surface area contributed by atoms with E-state index in [0.29, 0.717) is 12.0 Å². The van der Waals surface area contributed by atoms with Gasteiger partial charge in [-0.05, 0) is 51.8 Å². The van der Waals surface area contributed by atoms with Crippen LogP contribution in [0.1, 0.15) is 50.0 Å². The third-order valence-electron chi connectivity index (χ3n) is 3.29. The standard InChI is InChI=1S/C14H16O4.C5H8O2/c1-9(15)13(10(2)16)8-11-4-6-12(7-5-11)14(17)18-3;1-4(6)3-5(2)7/h4-7,13H,8H2,1-3H3;3H2,1-2H3. The summed E-state index contributed by atoms with van der Waals surface area (Å²) in [4.78, 5) is 53.9. The second-order valence-corrected chi connectivity index (χ2v) is 5.75. The van der Waals surface area contributed by atoms with Crippen LogP contribution in [-0.4, -0.2) is 36.2 Å². The Bertz CT molecular complexity index is 616. The molecule has 0 unspecified atom stereocenters. The topological polar surface area (TPSA) is 94.6 Å². The first-order chi connectivity index (χ1) is 11.6. The summed E-state index contributed by atoms with van der Waals surface area (Å²) in [5.41, 5.74) is 1.29. The minimum Gasteiger partial charge on any atom is -0.465 e. The lowest BCUT2D eigenvalue weighted by Crippen LogP contribution is -2.21. The van der Waals surface area contributed by atoms with Gasteiger partial charge in [-0.25, -0.2) is 4.79 Å². The molecule has 0 fully saturated rings. The lowest BCUT2D eigenvalue weighted by atomic mass is 9.92. The maximum Gasteiger partial charge on any atom is 0.337 e. The summed E-state index contributed by atoms with van der Waals surface area (Å²) in [6.07, 6.45) is 0.451. The lowest BCUT2D eigenvalue weighted by molar-refractivity contribution is -0.130. The number of esters is 1. The van der Waals surface area contributed by atoms with Crippen molar-refractivity contribution in [3.05, 3.63) is 35.4 Å². The molecule has 0 radical (unpaired) electrons. The monoisotopic (exact) mass is 348 g/mol. The van der Waals surface area contributed by atoms with E-state index in [9.17, 15) is 24.0 Å². The Hall–Kier alpha value is -2.63. The first-order valence-corrected chi connectivity index (χ1v) is 7.75. The van der Waals surface area contributed by atoms with Crippen LogP contribution in [0.2, 0.25) is 0 Å². The van der Waals surface area contributed by atoms with E-state index in [1.165, 1.54) is 34.8 Å². The van der Waals surface area contributed by atoms with Gasteiger partial charge in [0.1, 0.15) is 23.1 Å². The van der Waals surface area contributed by atoms with Crippen LogP contribution < -0.4 is 0 Å². The molecule has 1 aromatic carbocycles. The minimum atomic E-state index is -0.603. The van der Waals surface area contributed by atoms with E-state index in [2.05, 4.69) is 4.74 Å². The van der Waals surface area contributed by atoms with E-state index in [4.69, 9.17) is 0 Å². The molecule has 0 spiro atoms. The zero-order valence-corrected chi connectivity index (χ0v) is 15.3. The van der Waals surface area contributed by atoms with Crippen molar-refractivity contribution < 1.29 is 28.7 Å². The largest absolute Gasteiger partial charge is 0.465 e. The van der Waals surface area contributed by atoms with E-state index in [1.807, 2.05) is 0 Å². The average Bonchev–Trinajstić information content (AvgIpc) is 2.51. The third kappa shape index (κ3) is 9.30. The van der Waals surface area contributed by atoms with Crippen molar-refractivity contribution in [3.8, 4) is 0 Å². The molecule has 0 saturated heterocycles. The Morgan fingerprint density at radius 3 is 1.56 bits per heavy atom. The van der Waals surface area contributed by atoms with Crippen molar-refractivity contribution in [1.82, 2.24) is 0 Å². The molecule has 6 heteroatoms. The van der Waals surface area contributed by atoms with Gasteiger partial charge < -0.3 is 4.74 Å². The first-order valence-electron chi connectivity index (χ1n) is 7.75. The third-order valence-corrected chi connectivity index (χ3v) is 3.29. The number of Topliss-reactive ketones (excluding diaryl/α,β-unsaturated/α-hetero) is 4. The normalized spacial score (nSPS) is 9.68. The molecule has 0 heterocycles. The highest BCUT2D eigenvalue weighted by Crippen LogP contribution is 2.13. The second kappa shape index (κ2) is 11.0. The molecule has 0 aliphatic carbocycles. The van der Waals surface area contributed by atoms with Gasteiger partial charge in [0.15, 0.2) is 0 Å². The van der Waals surface area contributed by atoms with Crippen molar-refractivity contribution in [1.29, 1.82) is 0 Å². The SMILES string of the molecule is CC(=O)CC(C)=O.COC(=O)c1ccc(CC(C(C)=O)C(C)=O)cc1. The number of benzene rings is 1. The molecule has 0 atom stereocenters. The quantitative estimate of drug-likeness (QED) is 0.554. The van der Waals surface area contributed by atoms with E-state index >= 15 is 0 Å². The Kier molecular flexibility index (Phi) is 9.86. The molecule has 136 valence electrons. The molecule has 0 aromatic heterocycles. The fourth-order valence-electron chi connectivity index (χ4n) is 2.05. The fourth-order valence-corrected chi connectivity index (χ4v) is 2.05. The van der Waals surface area contributed by atoms with Crippen molar-refractivity contribution in [2.45, 2.75) is 40.5 Å². The first kappa shape index (κ1) is 22.4. The number of ether oxygens (including phenoxy) is 1. The lowest BCUT2D eigenvalue weighted by Gasteiger charge is -2.10. The fraction of sp³-hybridized carbons (Fsp3) is 0.421. The summed E-state index contributed by atoms with van der Waals surface area (Å²) in [6.45, 7) is 5.63. The maximum absolute atomic E-state index is 11.3. The molecule has 0 aliphatic rings. The van der Waals surface area contributed by atoms with Crippen LogP contribution in [-0.2, 0) is 30.3 Å². The maximum atomic E-state index is 11.3. The number of methoxy groups -OCH3 is 1. The summed E-state index contributed by atoms with van der Waals surface area (Å²) in [5, 5.41) is 0. The van der Waals surface area contributed by atoms with Gasteiger partial charge in [0.2, 0.25) is 0 Å². The van der Waals surface area contributed by atoms with Crippen LogP contribution in [0.5, 0.6) is 0 Å². The Morgan fingerprint density at radius 2 is 1.28 bits per heavy atom. The molecule has 6 nitrogen and oxygen atoms in total. The van der Waals surface area contributed by atoms with Gasteiger partial charge in [0, 0.05) is 0 Å². The van der Waals surface area contributed by atoms with Gasteiger partial charge in [0.05, 0.1) is 25.0 Å². The van der Waals surface area contributed by atoms with Crippen LogP contribution in [0.25, 0.3) is 0 Å². The molecular formula is C19H24O6. The highest BCUT2D eigenvalue weighted by molar-refractivity contribution is 6.00. The predicted molar refractivity (Wildman–Crippen MR) is 92.3 cm³/mol.